The minimum atomic E-state index is -0.974. The van der Waals surface area contributed by atoms with Gasteiger partial charge in [-0.1, -0.05) is 0 Å². The highest BCUT2D eigenvalue weighted by molar-refractivity contribution is 14.1. The Balaban J connectivity index is 2.17. The van der Waals surface area contributed by atoms with Crippen molar-refractivity contribution in [2.75, 3.05) is 0 Å². The number of hydrogen-bond acceptors (Lipinski definition) is 0. The maximum absolute atomic E-state index is 13.7. The van der Waals surface area contributed by atoms with Crippen LogP contribution in [-0.2, 0) is 10.9 Å². The average Bonchev–Trinajstić information content (AvgIpc) is 2.56. The van der Waals surface area contributed by atoms with E-state index in [-0.39, 0.29) is 0 Å². The molecular weight excluding hydrogens is 451 g/mol. The minimum absolute atomic E-state index is 0.487. The smallest absolute Gasteiger partial charge is 0.169 e. The van der Waals surface area contributed by atoms with Gasteiger partial charge in [0.2, 0.25) is 0 Å². The number of benzene rings is 3. The molecule has 0 N–H and O–H groups in total. The molecule has 0 saturated carbocycles. The number of halogens is 5. The van der Waals surface area contributed by atoms with Crippen molar-refractivity contribution in [1.29, 1.82) is 0 Å². The van der Waals surface area contributed by atoms with Crippen LogP contribution in [0.15, 0.2) is 75.4 Å². The van der Waals surface area contributed by atoms with E-state index in [0.29, 0.717) is 9.79 Å². The highest BCUT2D eigenvalue weighted by atomic mass is 127. The first kappa shape index (κ1) is 17.3. The molecule has 3 aromatic rings. The largest absolute Gasteiger partial charge is 0.204 e. The fourth-order valence-corrected chi connectivity index (χ4v) is 4.62. The van der Waals surface area contributed by atoms with Gasteiger partial charge in [0.1, 0.15) is 0 Å². The lowest BCUT2D eigenvalue weighted by Crippen LogP contribution is -2.07. The number of hydrogen-bond donors (Lipinski definition) is 0. The van der Waals surface area contributed by atoms with Crippen molar-refractivity contribution in [3.63, 3.8) is 0 Å². The standard InChI is InChI=1S/C18H10F4IS/c19-15-7-5-13(9-17(15)21)24(12-3-1-11(23)2-4-12)14-6-8-16(20)18(22)10-14/h1-10H/q+1. The van der Waals surface area contributed by atoms with Crippen molar-refractivity contribution in [2.45, 2.75) is 14.7 Å². The Morgan fingerprint density at radius 2 is 0.958 bits per heavy atom. The Bertz CT molecular complexity index is 829. The lowest BCUT2D eigenvalue weighted by Gasteiger charge is -2.09. The molecule has 0 nitrogen and oxygen atoms in total. The molecule has 3 rings (SSSR count). The van der Waals surface area contributed by atoms with E-state index in [1.54, 1.807) is 0 Å². The zero-order valence-electron chi connectivity index (χ0n) is 12.1. The van der Waals surface area contributed by atoms with Gasteiger partial charge in [0.05, 0.1) is 10.9 Å². The van der Waals surface area contributed by atoms with Gasteiger partial charge in [0.15, 0.2) is 38.0 Å². The number of rotatable bonds is 3. The third-order valence-electron chi connectivity index (χ3n) is 3.30. The van der Waals surface area contributed by atoms with E-state index in [0.717, 1.165) is 32.7 Å². The Morgan fingerprint density at radius 1 is 0.542 bits per heavy atom. The van der Waals surface area contributed by atoms with Crippen molar-refractivity contribution in [2.24, 2.45) is 0 Å². The molecule has 6 heteroatoms. The molecule has 0 aliphatic rings. The van der Waals surface area contributed by atoms with Gasteiger partial charge in [0, 0.05) is 15.7 Å². The van der Waals surface area contributed by atoms with E-state index in [1.807, 2.05) is 24.3 Å². The summed E-state index contributed by atoms with van der Waals surface area (Å²) in [6, 6.07) is 14.6. The normalized spacial score (nSPS) is 11.1. The topological polar surface area (TPSA) is 0 Å². The molecule has 0 radical (unpaired) electrons. The predicted octanol–water partition coefficient (Wildman–Crippen LogP) is 5.94. The van der Waals surface area contributed by atoms with Crippen LogP contribution in [0.5, 0.6) is 0 Å². The van der Waals surface area contributed by atoms with Crippen LogP contribution in [0, 0.1) is 26.8 Å². The van der Waals surface area contributed by atoms with Crippen molar-refractivity contribution < 1.29 is 17.6 Å². The molecular formula is C18H10F4IS+. The van der Waals surface area contributed by atoms with E-state index in [9.17, 15) is 17.6 Å². The van der Waals surface area contributed by atoms with Crippen molar-refractivity contribution in [3.8, 4) is 0 Å². The zero-order valence-corrected chi connectivity index (χ0v) is 15.0. The molecule has 0 saturated heterocycles. The van der Waals surface area contributed by atoms with Crippen molar-refractivity contribution in [1.82, 2.24) is 0 Å². The molecule has 0 unspecified atom stereocenters. The van der Waals surface area contributed by atoms with E-state index < -0.39 is 34.2 Å². The molecule has 0 spiro atoms. The van der Waals surface area contributed by atoms with Gasteiger partial charge in [0.25, 0.3) is 0 Å². The van der Waals surface area contributed by atoms with Crippen LogP contribution in [0.4, 0.5) is 17.6 Å². The molecule has 0 aliphatic heterocycles. The second-order valence-electron chi connectivity index (χ2n) is 4.91. The van der Waals surface area contributed by atoms with Crippen LogP contribution in [0.25, 0.3) is 0 Å². The molecule has 3 aromatic carbocycles. The first-order valence-electron chi connectivity index (χ1n) is 6.85. The van der Waals surface area contributed by atoms with E-state index in [2.05, 4.69) is 22.6 Å². The SMILES string of the molecule is Fc1ccc([S+](c2ccc(I)cc2)c2ccc(F)c(F)c2)cc1F. The fraction of sp³-hybridized carbons (Fsp3) is 0. The molecule has 24 heavy (non-hydrogen) atoms. The minimum Gasteiger partial charge on any atom is -0.204 e. The fourth-order valence-electron chi connectivity index (χ4n) is 2.19. The molecule has 0 fully saturated rings. The quantitative estimate of drug-likeness (QED) is 0.257. The zero-order chi connectivity index (χ0) is 17.3. The maximum Gasteiger partial charge on any atom is 0.169 e. The monoisotopic (exact) mass is 461 g/mol. The van der Waals surface area contributed by atoms with E-state index in [4.69, 9.17) is 0 Å². The summed E-state index contributed by atoms with van der Waals surface area (Å²) in [5.74, 6) is -3.85. The van der Waals surface area contributed by atoms with Crippen LogP contribution >= 0.6 is 22.6 Å². The molecule has 0 heterocycles. The molecule has 0 atom stereocenters. The summed E-state index contributed by atoms with van der Waals surface area (Å²) in [6.07, 6.45) is 0. The van der Waals surface area contributed by atoms with Gasteiger partial charge in [-0.15, -0.1) is 0 Å². The lowest BCUT2D eigenvalue weighted by molar-refractivity contribution is 0.505. The van der Waals surface area contributed by atoms with Crippen LogP contribution in [-0.4, -0.2) is 0 Å². The van der Waals surface area contributed by atoms with Gasteiger partial charge >= 0.3 is 0 Å². The molecule has 0 amide bonds. The Hall–Kier alpha value is -1.54. The van der Waals surface area contributed by atoms with E-state index in [1.165, 1.54) is 12.1 Å². The molecule has 122 valence electrons. The van der Waals surface area contributed by atoms with Crippen LogP contribution in [0.2, 0.25) is 0 Å². The van der Waals surface area contributed by atoms with Gasteiger partial charge in [-0.25, -0.2) is 17.6 Å². The van der Waals surface area contributed by atoms with Gasteiger partial charge < -0.3 is 0 Å². The maximum atomic E-state index is 13.7. The van der Waals surface area contributed by atoms with E-state index >= 15 is 0 Å². The summed E-state index contributed by atoms with van der Waals surface area (Å²) >= 11 is 2.15. The first-order valence-corrected chi connectivity index (χ1v) is 9.16. The molecule has 0 bridgehead atoms. The first-order chi connectivity index (χ1) is 11.5. The summed E-state index contributed by atoms with van der Waals surface area (Å²) in [7, 11) is -0.877. The Labute approximate surface area is 153 Å². The summed E-state index contributed by atoms with van der Waals surface area (Å²) in [4.78, 5) is 1.77. The highest BCUT2D eigenvalue weighted by Crippen LogP contribution is 2.33. The van der Waals surface area contributed by atoms with Crippen LogP contribution in [0.1, 0.15) is 0 Å². The molecule has 0 aliphatic carbocycles. The van der Waals surface area contributed by atoms with Crippen molar-refractivity contribution >= 4 is 33.5 Å². The Morgan fingerprint density at radius 3 is 1.38 bits per heavy atom. The average molecular weight is 461 g/mol. The van der Waals surface area contributed by atoms with Gasteiger partial charge in [-0.2, -0.15) is 0 Å². The highest BCUT2D eigenvalue weighted by Gasteiger charge is 2.30. The van der Waals surface area contributed by atoms with Gasteiger partial charge in [-0.05, 0) is 71.1 Å². The van der Waals surface area contributed by atoms with Crippen LogP contribution in [0.3, 0.4) is 0 Å². The van der Waals surface area contributed by atoms with Crippen molar-refractivity contribution in [3.05, 3.63) is 87.5 Å². The summed E-state index contributed by atoms with van der Waals surface area (Å²) in [5.41, 5.74) is 0. The van der Waals surface area contributed by atoms with Gasteiger partial charge in [-0.3, -0.25) is 0 Å². The Kier molecular flexibility index (Phi) is 5.15. The molecule has 0 aromatic heterocycles. The third kappa shape index (κ3) is 3.59. The lowest BCUT2D eigenvalue weighted by atomic mass is 10.3. The summed E-state index contributed by atoms with van der Waals surface area (Å²) < 4.78 is 54.9. The summed E-state index contributed by atoms with van der Waals surface area (Å²) in [6.45, 7) is 0. The second kappa shape index (κ2) is 7.14. The predicted molar refractivity (Wildman–Crippen MR) is 94.0 cm³/mol. The van der Waals surface area contributed by atoms with Crippen LogP contribution < -0.4 is 0 Å². The summed E-state index contributed by atoms with van der Waals surface area (Å²) in [5, 5.41) is 0. The second-order valence-corrected chi connectivity index (χ2v) is 8.18. The third-order valence-corrected chi connectivity index (χ3v) is 6.22.